The zero-order valence-corrected chi connectivity index (χ0v) is 16.8. The van der Waals surface area contributed by atoms with Gasteiger partial charge in [0.15, 0.2) is 0 Å². The van der Waals surface area contributed by atoms with Gasteiger partial charge in [0.05, 0.1) is 19.0 Å². The van der Waals surface area contributed by atoms with Gasteiger partial charge in [-0.3, -0.25) is 4.72 Å². The number of pyridine rings is 1. The highest BCUT2D eigenvalue weighted by Gasteiger charge is 2.20. The molecule has 0 amide bonds. The van der Waals surface area contributed by atoms with Crippen LogP contribution in [0.4, 0.5) is 11.5 Å². The standard InChI is InChI=1S/C18H24ClN3O3S/c1-4-10-22(11-5-2)18-9-7-15(13-20-18)21-26(23,24)17-12-14(19)6-8-16(17)25-3/h6-9,12-13,21H,4-5,10-11H2,1-3H3. The van der Waals surface area contributed by atoms with Crippen molar-refractivity contribution in [3.63, 3.8) is 0 Å². The molecule has 0 atom stereocenters. The molecule has 0 saturated heterocycles. The van der Waals surface area contributed by atoms with Gasteiger partial charge in [-0.2, -0.15) is 0 Å². The molecule has 0 bridgehead atoms. The highest BCUT2D eigenvalue weighted by molar-refractivity contribution is 7.92. The van der Waals surface area contributed by atoms with Crippen molar-refractivity contribution in [1.82, 2.24) is 4.98 Å². The lowest BCUT2D eigenvalue weighted by atomic mass is 10.3. The number of hydrogen-bond acceptors (Lipinski definition) is 5. The fraction of sp³-hybridized carbons (Fsp3) is 0.389. The molecular weight excluding hydrogens is 374 g/mol. The summed E-state index contributed by atoms with van der Waals surface area (Å²) in [5, 5.41) is 0.314. The minimum atomic E-state index is -3.85. The number of ether oxygens (including phenoxy) is 1. The number of nitrogens with one attached hydrogen (secondary N) is 1. The van der Waals surface area contributed by atoms with E-state index in [1.165, 1.54) is 25.4 Å². The van der Waals surface area contributed by atoms with Crippen molar-refractivity contribution >= 4 is 33.1 Å². The van der Waals surface area contributed by atoms with Crippen LogP contribution in [0.25, 0.3) is 0 Å². The van der Waals surface area contributed by atoms with Crippen molar-refractivity contribution in [2.75, 3.05) is 29.8 Å². The lowest BCUT2D eigenvalue weighted by molar-refractivity contribution is 0.403. The summed E-state index contributed by atoms with van der Waals surface area (Å²) in [5.74, 6) is 1.06. The highest BCUT2D eigenvalue weighted by atomic mass is 35.5. The molecule has 6 nitrogen and oxygen atoms in total. The van der Waals surface area contributed by atoms with E-state index >= 15 is 0 Å². The average molecular weight is 398 g/mol. The first-order chi connectivity index (χ1) is 12.4. The van der Waals surface area contributed by atoms with Crippen LogP contribution in [0.15, 0.2) is 41.4 Å². The second-order valence-electron chi connectivity index (χ2n) is 5.79. The largest absolute Gasteiger partial charge is 0.495 e. The maximum atomic E-state index is 12.7. The van der Waals surface area contributed by atoms with Crippen LogP contribution < -0.4 is 14.4 Å². The van der Waals surface area contributed by atoms with Crippen molar-refractivity contribution in [1.29, 1.82) is 0 Å². The average Bonchev–Trinajstić information content (AvgIpc) is 2.62. The summed E-state index contributed by atoms with van der Waals surface area (Å²) in [6.45, 7) is 6.05. The summed E-state index contributed by atoms with van der Waals surface area (Å²) in [6, 6.07) is 7.97. The van der Waals surface area contributed by atoms with Crippen molar-refractivity contribution in [3.8, 4) is 5.75 Å². The maximum absolute atomic E-state index is 12.7. The molecule has 0 spiro atoms. The van der Waals surface area contributed by atoms with E-state index in [2.05, 4.69) is 28.5 Å². The van der Waals surface area contributed by atoms with E-state index in [9.17, 15) is 8.42 Å². The predicted octanol–water partition coefficient (Wildman–Crippen LogP) is 4.17. The van der Waals surface area contributed by atoms with Crippen LogP contribution in [0.2, 0.25) is 5.02 Å². The van der Waals surface area contributed by atoms with Gasteiger partial charge in [-0.1, -0.05) is 25.4 Å². The van der Waals surface area contributed by atoms with Crippen LogP contribution in [0.5, 0.6) is 5.75 Å². The van der Waals surface area contributed by atoms with Crippen molar-refractivity contribution in [3.05, 3.63) is 41.6 Å². The molecular formula is C18H24ClN3O3S. The van der Waals surface area contributed by atoms with Gasteiger partial charge in [0, 0.05) is 18.1 Å². The fourth-order valence-electron chi connectivity index (χ4n) is 2.58. The Hall–Kier alpha value is -1.99. The first-order valence-corrected chi connectivity index (χ1v) is 10.3. The lowest BCUT2D eigenvalue weighted by Crippen LogP contribution is -2.25. The quantitative estimate of drug-likeness (QED) is 0.687. The van der Waals surface area contributed by atoms with Crippen molar-refractivity contribution in [2.45, 2.75) is 31.6 Å². The molecule has 142 valence electrons. The summed E-state index contributed by atoms with van der Waals surface area (Å²) in [4.78, 5) is 6.56. The number of rotatable bonds is 9. The Morgan fingerprint density at radius 2 is 1.85 bits per heavy atom. The van der Waals surface area contributed by atoms with E-state index in [0.717, 1.165) is 31.7 Å². The third kappa shape index (κ3) is 5.02. The monoisotopic (exact) mass is 397 g/mol. The first-order valence-electron chi connectivity index (χ1n) is 8.48. The minimum absolute atomic E-state index is 0.0184. The van der Waals surface area contributed by atoms with Crippen molar-refractivity contribution in [2.24, 2.45) is 0 Å². The molecule has 1 heterocycles. The molecule has 2 rings (SSSR count). The molecule has 0 unspecified atom stereocenters. The molecule has 0 aliphatic heterocycles. The number of anilines is 2. The molecule has 0 aliphatic carbocycles. The van der Waals surface area contributed by atoms with E-state index < -0.39 is 10.0 Å². The van der Waals surface area contributed by atoms with Gasteiger partial charge in [-0.15, -0.1) is 0 Å². The van der Waals surface area contributed by atoms with E-state index in [0.29, 0.717) is 10.7 Å². The third-order valence-electron chi connectivity index (χ3n) is 3.73. The summed E-state index contributed by atoms with van der Waals surface area (Å²) < 4.78 is 33.0. The van der Waals surface area contributed by atoms with Crippen LogP contribution in [-0.4, -0.2) is 33.6 Å². The Balaban J connectivity index is 2.24. The smallest absolute Gasteiger partial charge is 0.265 e. The van der Waals surface area contributed by atoms with Crippen LogP contribution >= 0.6 is 11.6 Å². The molecule has 1 aromatic heterocycles. The van der Waals surface area contributed by atoms with Gasteiger partial charge >= 0.3 is 0 Å². The van der Waals surface area contributed by atoms with Crippen molar-refractivity contribution < 1.29 is 13.2 Å². The zero-order chi connectivity index (χ0) is 19.2. The first kappa shape index (κ1) is 20.3. The molecule has 2 aromatic rings. The SMILES string of the molecule is CCCN(CCC)c1ccc(NS(=O)(=O)c2cc(Cl)ccc2OC)cn1. The summed E-state index contributed by atoms with van der Waals surface area (Å²) in [6.07, 6.45) is 3.55. The van der Waals surface area contributed by atoms with Gasteiger partial charge in [-0.25, -0.2) is 13.4 Å². The normalized spacial score (nSPS) is 11.2. The second kappa shape index (κ2) is 9.09. The molecule has 0 fully saturated rings. The maximum Gasteiger partial charge on any atom is 0.265 e. The predicted molar refractivity (Wildman–Crippen MR) is 106 cm³/mol. The molecule has 8 heteroatoms. The fourth-order valence-corrected chi connectivity index (χ4v) is 4.06. The van der Waals surface area contributed by atoms with Gasteiger partial charge in [-0.05, 0) is 43.2 Å². The Kier molecular flexibility index (Phi) is 7.11. The third-order valence-corrected chi connectivity index (χ3v) is 5.36. The van der Waals surface area contributed by atoms with Crippen LogP contribution in [0, 0.1) is 0 Å². The van der Waals surface area contributed by atoms with E-state index in [-0.39, 0.29) is 10.6 Å². The zero-order valence-electron chi connectivity index (χ0n) is 15.2. The summed E-state index contributed by atoms with van der Waals surface area (Å²) in [5.41, 5.74) is 0.378. The molecule has 1 N–H and O–H groups in total. The van der Waals surface area contributed by atoms with Crippen LogP contribution in [-0.2, 0) is 10.0 Å². The van der Waals surface area contributed by atoms with Crippen LogP contribution in [0.1, 0.15) is 26.7 Å². The number of aromatic nitrogens is 1. The van der Waals surface area contributed by atoms with Gasteiger partial charge in [0.25, 0.3) is 10.0 Å². The number of sulfonamides is 1. The Morgan fingerprint density at radius 3 is 2.38 bits per heavy atom. The van der Waals surface area contributed by atoms with E-state index in [1.54, 1.807) is 12.1 Å². The molecule has 1 aromatic carbocycles. The van der Waals surface area contributed by atoms with Gasteiger partial charge in [0.1, 0.15) is 16.5 Å². The molecule has 0 radical (unpaired) electrons. The van der Waals surface area contributed by atoms with Gasteiger partial charge in [0.2, 0.25) is 0 Å². The minimum Gasteiger partial charge on any atom is -0.495 e. The Labute approximate surface area is 160 Å². The lowest BCUT2D eigenvalue weighted by Gasteiger charge is -2.22. The summed E-state index contributed by atoms with van der Waals surface area (Å²) in [7, 11) is -2.43. The molecule has 0 saturated carbocycles. The number of halogens is 1. The number of benzene rings is 1. The highest BCUT2D eigenvalue weighted by Crippen LogP contribution is 2.28. The number of nitrogens with zero attached hydrogens (tertiary/aromatic N) is 2. The second-order valence-corrected chi connectivity index (χ2v) is 7.88. The topological polar surface area (TPSA) is 71.5 Å². The number of methoxy groups -OCH3 is 1. The van der Waals surface area contributed by atoms with E-state index in [1.807, 2.05) is 6.07 Å². The molecule has 26 heavy (non-hydrogen) atoms. The Bertz CT molecular complexity index is 820. The Morgan fingerprint density at radius 1 is 1.15 bits per heavy atom. The molecule has 0 aliphatic rings. The van der Waals surface area contributed by atoms with Crippen LogP contribution in [0.3, 0.4) is 0 Å². The number of hydrogen-bond donors (Lipinski definition) is 1. The summed E-state index contributed by atoms with van der Waals surface area (Å²) >= 11 is 5.93. The van der Waals surface area contributed by atoms with Gasteiger partial charge < -0.3 is 9.64 Å². The van der Waals surface area contributed by atoms with E-state index in [4.69, 9.17) is 16.3 Å².